The zero-order chi connectivity index (χ0) is 31.4. The standard InChI is InChI=1S/C31H25N5O3.CH4O3S/c1-20-12-27(31(38)36(19-20)24-6-4-3-5-7-24)29(37)13-21-8-10-25(11-9-21)39-30-14-22-18-34-35(2)28(22)15-26(30)23-16-32-33-17-23;1-5(2,3)4/h3-12,14-19H,13H2,1-2H3,(H,32,33);1H3,(H,2,3,4). The number of nitrogens with zero attached hydrogens (tertiary/aromatic N) is 4. The van der Waals surface area contributed by atoms with E-state index in [-0.39, 0.29) is 23.3 Å². The van der Waals surface area contributed by atoms with E-state index in [2.05, 4.69) is 15.3 Å². The van der Waals surface area contributed by atoms with Gasteiger partial charge in [-0.1, -0.05) is 30.3 Å². The Balaban J connectivity index is 0.000000712. The van der Waals surface area contributed by atoms with Crippen LogP contribution >= 0.6 is 0 Å². The van der Waals surface area contributed by atoms with Crippen LogP contribution in [0.5, 0.6) is 11.5 Å². The van der Waals surface area contributed by atoms with Crippen molar-refractivity contribution in [3.8, 4) is 28.3 Å². The van der Waals surface area contributed by atoms with Gasteiger partial charge in [0.05, 0.1) is 29.7 Å². The fourth-order valence-electron chi connectivity index (χ4n) is 4.67. The highest BCUT2D eigenvalue weighted by Gasteiger charge is 2.16. The molecular formula is C32H29N5O6S. The fraction of sp³-hybridized carbons (Fsp3) is 0.125. The van der Waals surface area contributed by atoms with Gasteiger partial charge in [0.15, 0.2) is 5.78 Å². The second-order valence-electron chi connectivity index (χ2n) is 10.2. The van der Waals surface area contributed by atoms with Gasteiger partial charge in [-0.25, -0.2) is 0 Å². The van der Waals surface area contributed by atoms with Gasteiger partial charge in [-0.2, -0.15) is 18.6 Å². The molecule has 3 aromatic heterocycles. The number of pyridine rings is 1. The maximum Gasteiger partial charge on any atom is 0.265 e. The number of hydrogen-bond donors (Lipinski definition) is 2. The van der Waals surface area contributed by atoms with E-state index in [1.807, 2.05) is 91.6 Å². The summed E-state index contributed by atoms with van der Waals surface area (Å²) in [7, 11) is -1.77. The molecule has 0 aliphatic heterocycles. The van der Waals surface area contributed by atoms with Gasteiger partial charge in [0.1, 0.15) is 11.5 Å². The molecule has 224 valence electrons. The zero-order valence-electron chi connectivity index (χ0n) is 24.1. The highest BCUT2D eigenvalue weighted by atomic mass is 32.2. The van der Waals surface area contributed by atoms with Gasteiger partial charge in [0.25, 0.3) is 15.7 Å². The molecule has 6 aromatic rings. The first-order chi connectivity index (χ1) is 21.0. The lowest BCUT2D eigenvalue weighted by Gasteiger charge is -2.12. The minimum absolute atomic E-state index is 0.107. The molecule has 11 nitrogen and oxygen atoms in total. The van der Waals surface area contributed by atoms with Crippen molar-refractivity contribution in [1.29, 1.82) is 0 Å². The van der Waals surface area contributed by atoms with Crippen molar-refractivity contribution in [2.24, 2.45) is 7.05 Å². The minimum atomic E-state index is -3.67. The summed E-state index contributed by atoms with van der Waals surface area (Å²) >= 11 is 0. The number of para-hydroxylation sites is 1. The number of aromatic amines is 1. The molecule has 0 saturated heterocycles. The minimum Gasteiger partial charge on any atom is -0.457 e. The van der Waals surface area contributed by atoms with E-state index in [1.165, 1.54) is 4.57 Å². The lowest BCUT2D eigenvalue weighted by molar-refractivity contribution is 0.0991. The summed E-state index contributed by atoms with van der Waals surface area (Å²) in [5, 5.41) is 12.2. The molecule has 0 amide bonds. The normalized spacial score (nSPS) is 11.2. The Hall–Kier alpha value is -5.33. The van der Waals surface area contributed by atoms with Gasteiger partial charge < -0.3 is 4.74 Å². The summed E-state index contributed by atoms with van der Waals surface area (Å²) < 4.78 is 35.5. The highest BCUT2D eigenvalue weighted by Crippen LogP contribution is 2.36. The maximum absolute atomic E-state index is 13.2. The van der Waals surface area contributed by atoms with E-state index in [9.17, 15) is 18.0 Å². The molecule has 6 rings (SSSR count). The van der Waals surface area contributed by atoms with Crippen LogP contribution in [0.15, 0.2) is 102 Å². The average Bonchev–Trinajstić information content (AvgIpc) is 3.64. The number of ether oxygens (including phenoxy) is 1. The molecule has 0 aliphatic carbocycles. The molecule has 0 aliphatic rings. The third kappa shape index (κ3) is 7.17. The smallest absolute Gasteiger partial charge is 0.265 e. The van der Waals surface area contributed by atoms with Crippen LogP contribution in [0, 0.1) is 6.92 Å². The number of rotatable bonds is 7. The van der Waals surface area contributed by atoms with Gasteiger partial charge in [-0.15, -0.1) is 0 Å². The Labute approximate surface area is 253 Å². The van der Waals surface area contributed by atoms with E-state index in [1.54, 1.807) is 24.7 Å². The van der Waals surface area contributed by atoms with Crippen LogP contribution in [0.2, 0.25) is 0 Å². The Morgan fingerprint density at radius 2 is 1.73 bits per heavy atom. The number of carbonyl (C=O) groups is 1. The highest BCUT2D eigenvalue weighted by molar-refractivity contribution is 7.85. The van der Waals surface area contributed by atoms with Crippen LogP contribution < -0.4 is 10.3 Å². The first kappa shape index (κ1) is 30.1. The van der Waals surface area contributed by atoms with Crippen molar-refractivity contribution < 1.29 is 22.5 Å². The van der Waals surface area contributed by atoms with Gasteiger partial charge in [-0.05, 0) is 60.5 Å². The van der Waals surface area contributed by atoms with Crippen LogP contribution in [0.1, 0.15) is 21.5 Å². The molecule has 3 heterocycles. The third-order valence-corrected chi connectivity index (χ3v) is 6.66. The summed E-state index contributed by atoms with van der Waals surface area (Å²) in [5.41, 5.74) is 4.96. The Kier molecular flexibility index (Phi) is 8.56. The van der Waals surface area contributed by atoms with Crippen molar-refractivity contribution in [1.82, 2.24) is 24.5 Å². The molecule has 2 N–H and O–H groups in total. The lowest BCUT2D eigenvalue weighted by atomic mass is 10.0. The zero-order valence-corrected chi connectivity index (χ0v) is 24.9. The molecule has 44 heavy (non-hydrogen) atoms. The van der Waals surface area contributed by atoms with Crippen molar-refractivity contribution in [2.75, 3.05) is 6.26 Å². The van der Waals surface area contributed by atoms with Gasteiger partial charge in [0, 0.05) is 48.1 Å². The number of Topliss-reactive ketones (excluding diaryl/α,β-unsaturated/α-hetero) is 1. The Bertz CT molecular complexity index is 2090. The van der Waals surface area contributed by atoms with Crippen LogP contribution in [0.3, 0.4) is 0 Å². The van der Waals surface area contributed by atoms with E-state index < -0.39 is 10.1 Å². The maximum atomic E-state index is 13.2. The van der Waals surface area contributed by atoms with Gasteiger partial charge >= 0.3 is 0 Å². The van der Waals surface area contributed by atoms with Crippen LogP contribution in [-0.2, 0) is 23.6 Å². The number of H-pyrrole nitrogens is 1. The fourth-order valence-corrected chi connectivity index (χ4v) is 4.67. The molecular weight excluding hydrogens is 582 g/mol. The predicted octanol–water partition coefficient (Wildman–Crippen LogP) is 5.14. The largest absolute Gasteiger partial charge is 0.457 e. The molecule has 0 fully saturated rings. The van der Waals surface area contributed by atoms with Crippen molar-refractivity contribution in [3.63, 3.8) is 0 Å². The molecule has 0 bridgehead atoms. The van der Waals surface area contributed by atoms with Gasteiger partial charge in [0.2, 0.25) is 0 Å². The second kappa shape index (κ2) is 12.5. The van der Waals surface area contributed by atoms with Crippen molar-refractivity contribution in [2.45, 2.75) is 13.3 Å². The number of nitrogens with one attached hydrogen (secondary N) is 1. The summed E-state index contributed by atoms with van der Waals surface area (Å²) in [4.78, 5) is 26.3. The Morgan fingerprint density at radius 3 is 2.39 bits per heavy atom. The number of carbonyl (C=O) groups excluding carboxylic acids is 1. The topological polar surface area (TPSA) is 149 Å². The number of aromatic nitrogens is 5. The van der Waals surface area contributed by atoms with Gasteiger partial charge in [-0.3, -0.25) is 28.5 Å². The number of aryl methyl sites for hydroxylation is 2. The lowest BCUT2D eigenvalue weighted by Crippen LogP contribution is -2.26. The summed E-state index contributed by atoms with van der Waals surface area (Å²) in [6, 6.07) is 22.3. The van der Waals surface area contributed by atoms with Crippen LogP contribution in [-0.4, -0.2) is 49.6 Å². The Morgan fingerprint density at radius 1 is 1.02 bits per heavy atom. The number of fused-ring (bicyclic) bond motifs is 1. The van der Waals surface area contributed by atoms with Crippen LogP contribution in [0.25, 0.3) is 27.7 Å². The summed E-state index contributed by atoms with van der Waals surface area (Å²) in [6.07, 6.45) is 7.93. The molecule has 0 radical (unpaired) electrons. The average molecular weight is 612 g/mol. The molecule has 0 spiro atoms. The van der Waals surface area contributed by atoms with E-state index >= 15 is 0 Å². The van der Waals surface area contributed by atoms with E-state index in [0.717, 1.165) is 38.8 Å². The quantitative estimate of drug-likeness (QED) is 0.186. The number of hydrogen-bond acceptors (Lipinski definition) is 7. The second-order valence-corrected chi connectivity index (χ2v) is 11.6. The van der Waals surface area contributed by atoms with Crippen molar-refractivity contribution in [3.05, 3.63) is 125 Å². The molecule has 0 saturated carbocycles. The molecule has 12 heteroatoms. The SMILES string of the molecule is CS(=O)(=O)O.Cc1cc(C(=O)Cc2ccc(Oc3cc4cnn(C)c4cc3-c3cn[nH]c3)cc2)c(=O)n(-c2ccccc2)c1. The van der Waals surface area contributed by atoms with E-state index in [0.29, 0.717) is 17.8 Å². The van der Waals surface area contributed by atoms with Crippen LogP contribution in [0.4, 0.5) is 0 Å². The monoisotopic (exact) mass is 611 g/mol. The number of benzene rings is 3. The molecule has 3 aromatic carbocycles. The predicted molar refractivity (Wildman–Crippen MR) is 167 cm³/mol. The summed E-state index contributed by atoms with van der Waals surface area (Å²) in [5.74, 6) is 1.06. The molecule has 0 atom stereocenters. The van der Waals surface area contributed by atoms with E-state index in [4.69, 9.17) is 9.29 Å². The first-order valence-electron chi connectivity index (χ1n) is 13.4. The van der Waals surface area contributed by atoms with Crippen molar-refractivity contribution >= 4 is 26.8 Å². The third-order valence-electron chi connectivity index (χ3n) is 6.66. The first-order valence-corrected chi connectivity index (χ1v) is 15.3. The summed E-state index contributed by atoms with van der Waals surface area (Å²) in [6.45, 7) is 1.88. The number of ketones is 1. The molecule has 0 unspecified atom stereocenters.